The number of rotatable bonds is 7. The molecule has 0 spiro atoms. The van der Waals surface area contributed by atoms with Crippen molar-refractivity contribution in [3.63, 3.8) is 0 Å². The predicted molar refractivity (Wildman–Crippen MR) is 107 cm³/mol. The Kier molecular flexibility index (Phi) is 5.78. The third-order valence-electron chi connectivity index (χ3n) is 5.00. The first-order valence-electron chi connectivity index (χ1n) is 9.75. The zero-order valence-electron chi connectivity index (χ0n) is 16.1. The van der Waals surface area contributed by atoms with Crippen LogP contribution < -0.4 is 4.74 Å². The first-order valence-corrected chi connectivity index (χ1v) is 9.75. The van der Waals surface area contributed by atoms with Gasteiger partial charge in [-0.2, -0.15) is 0 Å². The van der Waals surface area contributed by atoms with Crippen LogP contribution in [0.15, 0.2) is 41.0 Å². The van der Waals surface area contributed by atoms with E-state index in [0.717, 1.165) is 65.9 Å². The lowest BCUT2D eigenvalue weighted by Crippen LogP contribution is -2.38. The maximum Gasteiger partial charge on any atom is 0.310 e. The molecule has 0 saturated carbocycles. The molecule has 0 bridgehead atoms. The molecule has 28 heavy (non-hydrogen) atoms. The van der Waals surface area contributed by atoms with E-state index in [2.05, 4.69) is 11.0 Å². The van der Waals surface area contributed by atoms with Gasteiger partial charge in [-0.3, -0.25) is 9.69 Å². The number of hydrogen-bond acceptors (Lipinski definition) is 6. The fourth-order valence-corrected chi connectivity index (χ4v) is 3.51. The van der Waals surface area contributed by atoms with E-state index in [1.807, 2.05) is 24.3 Å². The summed E-state index contributed by atoms with van der Waals surface area (Å²) in [5, 5.41) is 3.07. The Morgan fingerprint density at radius 2 is 2.00 bits per heavy atom. The van der Waals surface area contributed by atoms with Crippen LogP contribution in [0.4, 0.5) is 0 Å². The molecule has 1 fully saturated rings. The average molecular weight is 383 g/mol. The molecule has 4 rings (SSSR count). The zero-order chi connectivity index (χ0) is 19.3. The van der Waals surface area contributed by atoms with Gasteiger partial charge in [0.1, 0.15) is 17.9 Å². The van der Waals surface area contributed by atoms with E-state index in [-0.39, 0.29) is 12.4 Å². The van der Waals surface area contributed by atoms with Crippen molar-refractivity contribution < 1.29 is 23.4 Å². The first kappa shape index (κ1) is 18.8. The Hall–Kier alpha value is -2.57. The summed E-state index contributed by atoms with van der Waals surface area (Å²) in [5.41, 5.74) is 1.61. The number of carbonyl (C=O) groups is 1. The van der Waals surface area contributed by atoms with Crippen LogP contribution in [0, 0.1) is 0 Å². The Balaban J connectivity index is 1.49. The summed E-state index contributed by atoms with van der Waals surface area (Å²) < 4.78 is 22.0. The quantitative estimate of drug-likeness (QED) is 0.583. The van der Waals surface area contributed by atoms with Crippen molar-refractivity contribution >= 4 is 27.7 Å². The number of furan rings is 1. The van der Waals surface area contributed by atoms with Gasteiger partial charge in [0.15, 0.2) is 0 Å². The highest BCUT2D eigenvalue weighted by Crippen LogP contribution is 2.29. The molecule has 148 valence electrons. The number of hydrogen-bond donors (Lipinski definition) is 0. The van der Waals surface area contributed by atoms with Crippen molar-refractivity contribution in [1.82, 2.24) is 4.90 Å². The minimum absolute atomic E-state index is 0.210. The van der Waals surface area contributed by atoms with Gasteiger partial charge in [-0.1, -0.05) is 6.07 Å². The van der Waals surface area contributed by atoms with E-state index in [1.54, 1.807) is 13.2 Å². The van der Waals surface area contributed by atoms with Crippen LogP contribution in [-0.2, 0) is 20.7 Å². The van der Waals surface area contributed by atoms with Gasteiger partial charge < -0.3 is 18.6 Å². The van der Waals surface area contributed by atoms with Crippen LogP contribution >= 0.6 is 0 Å². The standard InChI is InChI=1S/C22H25NO5/c1-2-26-22(24)14-18-15-28-21-13-16-3-4-19(11-17(16)12-20(18)21)27-10-7-23-5-8-25-9-6-23/h3-4,11-13,15H,2,5-10,14H2,1H3. The fourth-order valence-electron chi connectivity index (χ4n) is 3.51. The van der Waals surface area contributed by atoms with E-state index in [0.29, 0.717) is 13.2 Å². The molecular weight excluding hydrogens is 358 g/mol. The number of ether oxygens (including phenoxy) is 3. The molecule has 0 amide bonds. The molecule has 0 N–H and O–H groups in total. The normalized spacial score (nSPS) is 15.2. The van der Waals surface area contributed by atoms with Gasteiger partial charge >= 0.3 is 5.97 Å². The summed E-state index contributed by atoms with van der Waals surface area (Å²) in [4.78, 5) is 14.2. The third kappa shape index (κ3) is 4.29. The molecule has 2 heterocycles. The highest BCUT2D eigenvalue weighted by Gasteiger charge is 2.13. The van der Waals surface area contributed by atoms with Crippen LogP contribution in [0.5, 0.6) is 5.75 Å². The molecule has 6 heteroatoms. The SMILES string of the molecule is CCOC(=O)Cc1coc2cc3ccc(OCCN4CCOCC4)cc3cc12. The number of fused-ring (bicyclic) bond motifs is 2. The number of nitrogens with zero attached hydrogens (tertiary/aromatic N) is 1. The van der Waals surface area contributed by atoms with E-state index in [1.165, 1.54) is 0 Å². The van der Waals surface area contributed by atoms with Crippen molar-refractivity contribution in [3.05, 3.63) is 42.2 Å². The minimum atomic E-state index is -0.245. The fraction of sp³-hybridized carbons (Fsp3) is 0.409. The second-order valence-corrected chi connectivity index (χ2v) is 6.90. The largest absolute Gasteiger partial charge is 0.492 e. The van der Waals surface area contributed by atoms with Gasteiger partial charge in [0.2, 0.25) is 0 Å². The molecule has 0 unspecified atom stereocenters. The van der Waals surface area contributed by atoms with Crippen LogP contribution in [0.3, 0.4) is 0 Å². The lowest BCUT2D eigenvalue weighted by atomic mass is 10.0. The van der Waals surface area contributed by atoms with Gasteiger partial charge in [0.05, 0.1) is 32.5 Å². The molecule has 1 aliphatic heterocycles. The molecule has 0 atom stereocenters. The van der Waals surface area contributed by atoms with Gasteiger partial charge in [-0.15, -0.1) is 0 Å². The number of benzene rings is 2. The van der Waals surface area contributed by atoms with Crippen molar-refractivity contribution in [1.29, 1.82) is 0 Å². The monoisotopic (exact) mass is 383 g/mol. The third-order valence-corrected chi connectivity index (χ3v) is 5.00. The van der Waals surface area contributed by atoms with E-state index >= 15 is 0 Å². The van der Waals surface area contributed by atoms with Crippen molar-refractivity contribution in [2.24, 2.45) is 0 Å². The summed E-state index contributed by atoms with van der Waals surface area (Å²) >= 11 is 0. The Morgan fingerprint density at radius 3 is 2.82 bits per heavy atom. The van der Waals surface area contributed by atoms with Gasteiger partial charge in [0, 0.05) is 30.6 Å². The van der Waals surface area contributed by atoms with E-state index < -0.39 is 0 Å². The second kappa shape index (κ2) is 8.63. The van der Waals surface area contributed by atoms with Gasteiger partial charge in [-0.25, -0.2) is 0 Å². The summed E-state index contributed by atoms with van der Waals surface area (Å²) in [5.74, 6) is 0.598. The number of morpholine rings is 1. The first-order chi connectivity index (χ1) is 13.7. The summed E-state index contributed by atoms with van der Waals surface area (Å²) in [6.45, 7) is 7.24. The van der Waals surface area contributed by atoms with Gasteiger partial charge in [0.25, 0.3) is 0 Å². The maximum atomic E-state index is 11.8. The average Bonchev–Trinajstić information content (AvgIpc) is 3.09. The van der Waals surface area contributed by atoms with Crippen LogP contribution in [-0.4, -0.2) is 56.9 Å². The van der Waals surface area contributed by atoms with Crippen molar-refractivity contribution in [2.75, 3.05) is 46.1 Å². The van der Waals surface area contributed by atoms with Crippen molar-refractivity contribution in [3.8, 4) is 5.75 Å². The van der Waals surface area contributed by atoms with Crippen LogP contribution in [0.25, 0.3) is 21.7 Å². The Labute approximate surface area is 163 Å². The molecule has 1 saturated heterocycles. The zero-order valence-corrected chi connectivity index (χ0v) is 16.1. The number of carbonyl (C=O) groups excluding carboxylic acids is 1. The summed E-state index contributed by atoms with van der Waals surface area (Å²) in [7, 11) is 0. The lowest BCUT2D eigenvalue weighted by Gasteiger charge is -2.26. The minimum Gasteiger partial charge on any atom is -0.492 e. The summed E-state index contributed by atoms with van der Waals surface area (Å²) in [6, 6.07) is 10.1. The van der Waals surface area contributed by atoms with Crippen LogP contribution in [0.1, 0.15) is 12.5 Å². The van der Waals surface area contributed by atoms with E-state index in [4.69, 9.17) is 18.6 Å². The second-order valence-electron chi connectivity index (χ2n) is 6.90. The predicted octanol–water partition coefficient (Wildman–Crippen LogP) is 3.40. The molecule has 1 aromatic heterocycles. The Morgan fingerprint density at radius 1 is 1.14 bits per heavy atom. The smallest absolute Gasteiger partial charge is 0.310 e. The highest BCUT2D eigenvalue weighted by atomic mass is 16.5. The van der Waals surface area contributed by atoms with Gasteiger partial charge in [-0.05, 0) is 42.0 Å². The summed E-state index contributed by atoms with van der Waals surface area (Å²) in [6.07, 6.45) is 1.85. The molecule has 1 aliphatic rings. The molecule has 0 aliphatic carbocycles. The van der Waals surface area contributed by atoms with E-state index in [9.17, 15) is 4.79 Å². The molecular formula is C22H25NO5. The lowest BCUT2D eigenvalue weighted by molar-refractivity contribution is -0.142. The Bertz CT molecular complexity index is 958. The maximum absolute atomic E-state index is 11.8. The highest BCUT2D eigenvalue weighted by molar-refractivity contribution is 5.98. The molecule has 0 radical (unpaired) electrons. The topological polar surface area (TPSA) is 61.1 Å². The molecule has 2 aromatic carbocycles. The molecule has 3 aromatic rings. The van der Waals surface area contributed by atoms with Crippen molar-refractivity contribution in [2.45, 2.75) is 13.3 Å². The van der Waals surface area contributed by atoms with Crippen LogP contribution in [0.2, 0.25) is 0 Å². The number of esters is 1. The molecule has 6 nitrogen and oxygen atoms in total.